The van der Waals surface area contributed by atoms with E-state index in [1.54, 1.807) is 10.9 Å². The van der Waals surface area contributed by atoms with Crippen molar-refractivity contribution in [3.05, 3.63) is 6.20 Å². The molecule has 0 aliphatic rings. The number of hydrogen-bond acceptors (Lipinski definition) is 4. The van der Waals surface area contributed by atoms with Gasteiger partial charge in [-0.3, -0.25) is 0 Å². The Kier molecular flexibility index (Phi) is 2.43. The van der Waals surface area contributed by atoms with Crippen LogP contribution in [0.4, 0.5) is 5.82 Å². The van der Waals surface area contributed by atoms with Crippen molar-refractivity contribution in [1.29, 1.82) is 0 Å². The van der Waals surface area contributed by atoms with E-state index in [2.05, 4.69) is 10.3 Å². The summed E-state index contributed by atoms with van der Waals surface area (Å²) >= 11 is 0. The summed E-state index contributed by atoms with van der Waals surface area (Å²) in [6.07, 6.45) is 1.82. The van der Waals surface area contributed by atoms with E-state index in [-0.39, 0.29) is 6.10 Å². The number of hydrogen-bond donors (Lipinski definition) is 1. The maximum absolute atomic E-state index is 5.33. The molecule has 0 aromatic carbocycles. The highest BCUT2D eigenvalue weighted by Gasteiger charge is 1.96. The second kappa shape index (κ2) is 3.34. The molecule has 1 aromatic rings. The summed E-state index contributed by atoms with van der Waals surface area (Å²) in [6, 6.07) is 0. The second-order valence-corrected chi connectivity index (χ2v) is 2.53. The fourth-order valence-electron chi connectivity index (χ4n) is 0.602. The zero-order valence-electron chi connectivity index (χ0n) is 6.69. The molecule has 0 unspecified atom stereocenters. The number of nitrogen functional groups attached to an aromatic ring is 1. The summed E-state index contributed by atoms with van der Waals surface area (Å²) in [5.74, 6) is 0.414. The van der Waals surface area contributed by atoms with Crippen molar-refractivity contribution in [3.63, 3.8) is 0 Å². The minimum Gasteiger partial charge on any atom is -0.381 e. The van der Waals surface area contributed by atoms with Crippen LogP contribution >= 0.6 is 0 Å². The zero-order valence-corrected chi connectivity index (χ0v) is 6.69. The molecule has 1 heterocycles. The van der Waals surface area contributed by atoms with E-state index in [4.69, 9.17) is 10.5 Å². The second-order valence-electron chi connectivity index (χ2n) is 2.53. The van der Waals surface area contributed by atoms with Crippen molar-refractivity contribution < 1.29 is 4.74 Å². The van der Waals surface area contributed by atoms with E-state index in [9.17, 15) is 0 Å². The van der Waals surface area contributed by atoms with Gasteiger partial charge in [0.15, 0.2) is 5.82 Å². The highest BCUT2D eigenvalue weighted by molar-refractivity contribution is 5.19. The lowest BCUT2D eigenvalue weighted by Gasteiger charge is -2.05. The van der Waals surface area contributed by atoms with Crippen LogP contribution < -0.4 is 5.73 Å². The van der Waals surface area contributed by atoms with Crippen molar-refractivity contribution >= 4 is 5.82 Å². The van der Waals surface area contributed by atoms with E-state index in [0.717, 1.165) is 0 Å². The molecule has 1 aromatic heterocycles. The quantitative estimate of drug-likeness (QED) is 0.680. The van der Waals surface area contributed by atoms with Gasteiger partial charge in [0, 0.05) is 0 Å². The van der Waals surface area contributed by atoms with E-state index >= 15 is 0 Å². The summed E-state index contributed by atoms with van der Waals surface area (Å²) in [7, 11) is 0. The Morgan fingerprint density at radius 3 is 2.91 bits per heavy atom. The smallest absolute Gasteiger partial charge is 0.166 e. The Morgan fingerprint density at radius 2 is 2.45 bits per heavy atom. The third-order valence-electron chi connectivity index (χ3n) is 1.10. The number of rotatable bonds is 3. The summed E-state index contributed by atoms with van der Waals surface area (Å²) < 4.78 is 6.80. The summed E-state index contributed by atoms with van der Waals surface area (Å²) in [6.45, 7) is 4.32. The fraction of sp³-hybridized carbons (Fsp3) is 0.667. The van der Waals surface area contributed by atoms with E-state index < -0.39 is 0 Å². The maximum atomic E-state index is 5.33. The number of ether oxygens (including phenoxy) is 1. The van der Waals surface area contributed by atoms with Gasteiger partial charge in [-0.2, -0.15) is 0 Å². The van der Waals surface area contributed by atoms with Crippen LogP contribution in [0.15, 0.2) is 6.20 Å². The van der Waals surface area contributed by atoms with Crippen LogP contribution in [-0.4, -0.2) is 21.1 Å². The molecule has 62 valence electrons. The van der Waals surface area contributed by atoms with Gasteiger partial charge < -0.3 is 10.5 Å². The average Bonchev–Trinajstić information content (AvgIpc) is 2.31. The molecule has 0 fully saturated rings. The lowest BCUT2D eigenvalue weighted by Crippen LogP contribution is -2.08. The van der Waals surface area contributed by atoms with Gasteiger partial charge in [-0.25, -0.2) is 4.68 Å². The van der Waals surface area contributed by atoms with Crippen LogP contribution in [0.1, 0.15) is 13.8 Å². The molecule has 0 aliphatic carbocycles. The Balaban J connectivity index is 2.39. The zero-order chi connectivity index (χ0) is 8.27. The molecule has 5 heteroatoms. The first-order chi connectivity index (χ1) is 5.18. The molecular formula is C6H12N4O. The molecule has 1 rings (SSSR count). The topological polar surface area (TPSA) is 66.0 Å². The molecule has 0 spiro atoms. The third-order valence-corrected chi connectivity index (χ3v) is 1.10. The van der Waals surface area contributed by atoms with Gasteiger partial charge in [0.05, 0.1) is 12.3 Å². The molecule has 11 heavy (non-hydrogen) atoms. The van der Waals surface area contributed by atoms with Gasteiger partial charge in [0.2, 0.25) is 0 Å². The Hall–Kier alpha value is -1.10. The molecule has 0 amide bonds. The van der Waals surface area contributed by atoms with Crippen LogP contribution in [0.2, 0.25) is 0 Å². The predicted octanol–water partition coefficient (Wildman–Crippen LogP) is 0.243. The largest absolute Gasteiger partial charge is 0.381 e. The highest BCUT2D eigenvalue weighted by Crippen LogP contribution is 1.95. The van der Waals surface area contributed by atoms with Crippen LogP contribution in [0.3, 0.4) is 0 Å². The first kappa shape index (κ1) is 8.00. The van der Waals surface area contributed by atoms with Gasteiger partial charge in [0.1, 0.15) is 6.73 Å². The SMILES string of the molecule is CC(C)OCn1cc(N)nn1. The van der Waals surface area contributed by atoms with Gasteiger partial charge >= 0.3 is 0 Å². The molecule has 0 saturated heterocycles. The number of nitrogens with zero attached hydrogens (tertiary/aromatic N) is 3. The molecule has 0 radical (unpaired) electrons. The van der Waals surface area contributed by atoms with Crippen LogP contribution in [0.25, 0.3) is 0 Å². The van der Waals surface area contributed by atoms with Gasteiger partial charge in [-0.05, 0) is 13.8 Å². The lowest BCUT2D eigenvalue weighted by molar-refractivity contribution is 0.0211. The standard InChI is InChI=1S/C6H12N4O/c1-5(2)11-4-10-3-6(7)8-9-10/h3,5H,4,7H2,1-2H3. The molecule has 5 nitrogen and oxygen atoms in total. The molecule has 0 bridgehead atoms. The monoisotopic (exact) mass is 156 g/mol. The lowest BCUT2D eigenvalue weighted by atomic mass is 10.5. The normalized spacial score (nSPS) is 10.8. The van der Waals surface area contributed by atoms with Crippen molar-refractivity contribution in [2.75, 3.05) is 5.73 Å². The van der Waals surface area contributed by atoms with Gasteiger partial charge in [0.25, 0.3) is 0 Å². The van der Waals surface area contributed by atoms with E-state index in [1.807, 2.05) is 13.8 Å². The summed E-state index contributed by atoms with van der Waals surface area (Å²) in [5.41, 5.74) is 5.33. The molecule has 0 saturated carbocycles. The van der Waals surface area contributed by atoms with Crippen molar-refractivity contribution in [1.82, 2.24) is 15.0 Å². The first-order valence-electron chi connectivity index (χ1n) is 3.45. The fourth-order valence-corrected chi connectivity index (χ4v) is 0.602. The average molecular weight is 156 g/mol. The number of anilines is 1. The Labute approximate surface area is 65.1 Å². The van der Waals surface area contributed by atoms with Crippen molar-refractivity contribution in [2.24, 2.45) is 0 Å². The molecular weight excluding hydrogens is 144 g/mol. The van der Waals surface area contributed by atoms with Crippen molar-refractivity contribution in [2.45, 2.75) is 26.7 Å². The maximum Gasteiger partial charge on any atom is 0.166 e. The third kappa shape index (κ3) is 2.55. The molecule has 2 N–H and O–H groups in total. The molecule has 0 aliphatic heterocycles. The number of aromatic nitrogens is 3. The Bertz CT molecular complexity index is 220. The van der Waals surface area contributed by atoms with Crippen molar-refractivity contribution in [3.8, 4) is 0 Å². The predicted molar refractivity (Wildman–Crippen MR) is 40.7 cm³/mol. The molecule has 0 atom stereocenters. The summed E-state index contributed by atoms with van der Waals surface area (Å²) in [5, 5.41) is 7.31. The Morgan fingerprint density at radius 1 is 1.73 bits per heavy atom. The van der Waals surface area contributed by atoms with Crippen LogP contribution in [0, 0.1) is 0 Å². The van der Waals surface area contributed by atoms with Crippen LogP contribution in [-0.2, 0) is 11.5 Å². The van der Waals surface area contributed by atoms with Crippen LogP contribution in [0.5, 0.6) is 0 Å². The highest BCUT2D eigenvalue weighted by atomic mass is 16.5. The summed E-state index contributed by atoms with van der Waals surface area (Å²) in [4.78, 5) is 0. The van der Waals surface area contributed by atoms with E-state index in [0.29, 0.717) is 12.5 Å². The van der Waals surface area contributed by atoms with Gasteiger partial charge in [-0.15, -0.1) is 5.10 Å². The van der Waals surface area contributed by atoms with Gasteiger partial charge in [-0.1, -0.05) is 5.21 Å². The number of nitrogens with two attached hydrogens (primary N) is 1. The first-order valence-corrected chi connectivity index (χ1v) is 3.45. The minimum absolute atomic E-state index is 0.195. The van der Waals surface area contributed by atoms with E-state index in [1.165, 1.54) is 0 Å². The minimum atomic E-state index is 0.195.